The van der Waals surface area contributed by atoms with Crippen LogP contribution in [0.3, 0.4) is 0 Å². The Labute approximate surface area is 290 Å². The molecule has 0 fully saturated rings. The number of aromatic nitrogens is 2. The molecule has 3 aromatic heterocycles. The average Bonchev–Trinajstić information content (AvgIpc) is 3.48. The van der Waals surface area contributed by atoms with Crippen molar-refractivity contribution in [2.75, 3.05) is 0 Å². The molecule has 1 atom stereocenters. The van der Waals surface area contributed by atoms with Gasteiger partial charge in [-0.2, -0.15) is 0 Å². The van der Waals surface area contributed by atoms with Gasteiger partial charge in [0.05, 0.1) is 5.58 Å². The Balaban J connectivity index is 0.000000196. The zero-order chi connectivity index (χ0) is 35.8. The van der Waals surface area contributed by atoms with Gasteiger partial charge in [-0.1, -0.05) is 116 Å². The molecule has 0 aliphatic carbocycles. The van der Waals surface area contributed by atoms with Gasteiger partial charge in [0.2, 0.25) is 0 Å². The number of rotatable bonds is 5. The summed E-state index contributed by atoms with van der Waals surface area (Å²) in [6.07, 6.45) is 2.97. The van der Waals surface area contributed by atoms with Crippen LogP contribution in [0.5, 0.6) is 0 Å². The number of pyridine rings is 2. The molecule has 1 radical (unpaired) electrons. The Morgan fingerprint density at radius 3 is 2.28 bits per heavy atom. The molecule has 3 heterocycles. The molecule has 0 saturated carbocycles. The summed E-state index contributed by atoms with van der Waals surface area (Å²) >= 11 is 0. The standard InChI is InChI=1S/C21H19FN.C20H16NO.Ir/c1-14-8-7-11-18(21(14)22)20-12-19(15(2)13-23-20)16(3)17-9-5-4-6-10-17;1-13(2)14-10-11-21-18(12-14)17-8-5-7-16-15-6-3-4-9-19(15)22-20(16)17;/h4-10,12-13,16H,1-3H3;3-7,9-13H,1-2H3;/q2*-1;/i2D3,16D;13D;. The number of fused-ring (bicyclic) bond motifs is 3. The van der Waals surface area contributed by atoms with Crippen LogP contribution in [0, 0.1) is 31.7 Å². The topological polar surface area (TPSA) is 38.9 Å². The molecule has 0 N–H and O–H groups in total. The van der Waals surface area contributed by atoms with Gasteiger partial charge in [-0.3, -0.25) is 4.39 Å². The number of halogens is 1. The minimum absolute atomic E-state index is 0. The number of nitrogens with zero attached hydrogens (tertiary/aromatic N) is 2. The van der Waals surface area contributed by atoms with Crippen molar-refractivity contribution >= 4 is 21.9 Å². The average molecular weight is 788 g/mol. The van der Waals surface area contributed by atoms with Crippen LogP contribution in [0.15, 0.2) is 114 Å². The Kier molecular flexibility index (Phi) is 8.33. The first-order chi connectivity index (χ1) is 23.7. The van der Waals surface area contributed by atoms with Gasteiger partial charge in [0.1, 0.15) is 5.58 Å². The van der Waals surface area contributed by atoms with E-state index in [1.165, 1.54) is 12.3 Å². The van der Waals surface area contributed by atoms with E-state index in [1.54, 1.807) is 56.4 Å². The van der Waals surface area contributed by atoms with Gasteiger partial charge in [-0.05, 0) is 53.0 Å². The molecule has 0 amide bonds. The monoisotopic (exact) mass is 788 g/mol. The summed E-state index contributed by atoms with van der Waals surface area (Å²) in [4.78, 5) is 8.64. The summed E-state index contributed by atoms with van der Waals surface area (Å²) in [7, 11) is 0. The molecule has 1 unspecified atom stereocenters. The van der Waals surface area contributed by atoms with Gasteiger partial charge in [0, 0.05) is 56.5 Å². The van der Waals surface area contributed by atoms with Gasteiger partial charge < -0.3 is 14.4 Å². The first kappa shape index (κ1) is 26.7. The van der Waals surface area contributed by atoms with Gasteiger partial charge in [-0.15, -0.1) is 36.4 Å². The van der Waals surface area contributed by atoms with E-state index >= 15 is 0 Å². The second-order valence-electron chi connectivity index (χ2n) is 11.1. The molecule has 0 saturated heterocycles. The fraction of sp³-hybridized carbons (Fsp3) is 0.171. The maximum Gasteiger partial charge on any atom is 0.120 e. The normalized spacial score (nSPS) is 14.4. The van der Waals surface area contributed by atoms with E-state index < -0.39 is 24.5 Å². The zero-order valence-corrected chi connectivity index (χ0v) is 28.3. The maximum absolute atomic E-state index is 14.5. The van der Waals surface area contributed by atoms with Crippen LogP contribution in [0.1, 0.15) is 67.2 Å². The number of furan rings is 1. The van der Waals surface area contributed by atoms with E-state index in [9.17, 15) is 4.39 Å². The summed E-state index contributed by atoms with van der Waals surface area (Å²) in [5, 5.41) is 2.15. The third-order valence-corrected chi connectivity index (χ3v) is 7.83. The van der Waals surface area contributed by atoms with E-state index in [2.05, 4.69) is 28.2 Å². The van der Waals surface area contributed by atoms with Crippen LogP contribution in [0.4, 0.5) is 4.39 Å². The number of hydrogen-bond donors (Lipinski definition) is 0. The Morgan fingerprint density at radius 1 is 0.783 bits per heavy atom. The van der Waals surface area contributed by atoms with Crippen molar-refractivity contribution in [2.45, 2.75) is 46.3 Å². The number of aryl methyl sites for hydroxylation is 2. The molecule has 4 aromatic carbocycles. The molecular formula is C41H35FIrN2O-2. The van der Waals surface area contributed by atoms with Crippen LogP contribution >= 0.6 is 0 Å². The van der Waals surface area contributed by atoms with Gasteiger partial charge >= 0.3 is 0 Å². The quantitative estimate of drug-likeness (QED) is 0.163. The van der Waals surface area contributed by atoms with Crippen LogP contribution in [0.2, 0.25) is 0 Å². The molecule has 46 heavy (non-hydrogen) atoms. The first-order valence-electron chi connectivity index (χ1n) is 17.2. The van der Waals surface area contributed by atoms with Gasteiger partial charge in [0.25, 0.3) is 0 Å². The van der Waals surface area contributed by atoms with Crippen LogP contribution in [-0.2, 0) is 20.1 Å². The fourth-order valence-corrected chi connectivity index (χ4v) is 5.28. The second kappa shape index (κ2) is 14.3. The van der Waals surface area contributed by atoms with Crippen molar-refractivity contribution in [2.24, 2.45) is 0 Å². The number of hydrogen-bond acceptors (Lipinski definition) is 3. The Bertz CT molecular complexity index is 2310. The molecule has 7 aromatic rings. The molecule has 0 aliphatic rings. The summed E-state index contributed by atoms with van der Waals surface area (Å²) in [6.45, 7) is 4.58. The number of benzene rings is 4. The minimum atomic E-state index is -2.44. The minimum Gasteiger partial charge on any atom is -0.501 e. The van der Waals surface area contributed by atoms with Crippen molar-refractivity contribution in [3.05, 3.63) is 155 Å². The molecule has 5 heteroatoms. The molecule has 0 aliphatic heterocycles. The smallest absolute Gasteiger partial charge is 0.120 e. The molecule has 0 spiro atoms. The summed E-state index contributed by atoms with van der Waals surface area (Å²) in [6, 6.07) is 35.5. The summed E-state index contributed by atoms with van der Waals surface area (Å²) in [5.41, 5.74) is 5.97. The molecule has 7 rings (SSSR count). The van der Waals surface area contributed by atoms with E-state index in [1.807, 2.05) is 62.4 Å². The van der Waals surface area contributed by atoms with Crippen molar-refractivity contribution in [1.29, 1.82) is 0 Å². The van der Waals surface area contributed by atoms with E-state index in [-0.39, 0.29) is 42.5 Å². The Morgan fingerprint density at radius 2 is 1.50 bits per heavy atom. The molecule has 233 valence electrons. The Hall–Kier alpha value is -4.44. The third-order valence-electron chi connectivity index (χ3n) is 7.83. The van der Waals surface area contributed by atoms with Crippen LogP contribution < -0.4 is 0 Å². The zero-order valence-electron chi connectivity index (χ0n) is 30.9. The molecule has 0 bridgehead atoms. The summed E-state index contributed by atoms with van der Waals surface area (Å²) < 4.78 is 61.2. The first-order valence-corrected chi connectivity index (χ1v) is 14.7. The van der Waals surface area contributed by atoms with Crippen molar-refractivity contribution in [1.82, 2.24) is 9.97 Å². The van der Waals surface area contributed by atoms with Gasteiger partial charge in [0.15, 0.2) is 0 Å². The van der Waals surface area contributed by atoms with Crippen molar-refractivity contribution in [3.8, 4) is 22.5 Å². The van der Waals surface area contributed by atoms with Crippen molar-refractivity contribution < 1.29 is 35.8 Å². The van der Waals surface area contributed by atoms with E-state index in [0.717, 1.165) is 38.8 Å². The maximum atomic E-state index is 14.5. The van der Waals surface area contributed by atoms with Crippen LogP contribution in [0.25, 0.3) is 44.5 Å². The van der Waals surface area contributed by atoms with Crippen molar-refractivity contribution in [3.63, 3.8) is 0 Å². The fourth-order valence-electron chi connectivity index (χ4n) is 5.28. The van der Waals surface area contributed by atoms with E-state index in [0.29, 0.717) is 11.1 Å². The van der Waals surface area contributed by atoms with Gasteiger partial charge in [-0.25, -0.2) is 0 Å². The van der Waals surface area contributed by atoms with Crippen LogP contribution in [-0.4, -0.2) is 9.97 Å². The predicted octanol–water partition coefficient (Wildman–Crippen LogP) is 11.0. The largest absolute Gasteiger partial charge is 0.501 e. The van der Waals surface area contributed by atoms with E-state index in [4.69, 9.17) is 11.3 Å². The second-order valence-corrected chi connectivity index (χ2v) is 11.1. The number of para-hydroxylation sites is 1. The molecule has 3 nitrogen and oxygen atoms in total. The third kappa shape index (κ3) is 6.72. The SMILES string of the molecule is [2H]C(C)(C)c1ccnc(-c2[c-]ccc3c2oc2ccccc23)c1.[2H]C([2H])([2H])c1cnc(-c2[c-]ccc(C)c2F)cc1C([2H])(C)c1ccccc1.[Ir]. The molecular weight excluding hydrogens is 748 g/mol. The predicted molar refractivity (Wildman–Crippen MR) is 182 cm³/mol. The summed E-state index contributed by atoms with van der Waals surface area (Å²) in [5.74, 6) is -2.47.